The van der Waals surface area contributed by atoms with Gasteiger partial charge in [-0.1, -0.05) is 90.9 Å². The quantitative estimate of drug-likeness (QED) is 0.0292. The Morgan fingerprint density at radius 3 is 1.04 bits per heavy atom. The maximum atomic E-state index is 11.6. The van der Waals surface area contributed by atoms with Gasteiger partial charge in [-0.3, -0.25) is 4.90 Å². The molecular weight excluding hydrogens is 1570 g/mol. The number of hydrogen-bond donors (Lipinski definition) is 8. The van der Waals surface area contributed by atoms with Gasteiger partial charge in [-0.05, 0) is 229 Å². The molecular formula is C88H127N23O8S2. The van der Waals surface area contributed by atoms with Crippen LogP contribution in [0.25, 0.3) is 38.6 Å². The van der Waals surface area contributed by atoms with Gasteiger partial charge in [0.05, 0.1) is 76.4 Å². The van der Waals surface area contributed by atoms with Gasteiger partial charge in [0.1, 0.15) is 46.7 Å². The van der Waals surface area contributed by atoms with E-state index < -0.39 is 9.84 Å². The summed E-state index contributed by atoms with van der Waals surface area (Å²) in [7, 11) is 2.49. The third kappa shape index (κ3) is 20.5. The number of rotatable bonds is 22. The molecule has 1 atom stereocenters. The number of aromatic nitrogens is 14. The fourth-order valence-electron chi connectivity index (χ4n) is 14.6. The first-order chi connectivity index (χ1) is 57.6. The molecule has 0 aliphatic carbocycles. The van der Waals surface area contributed by atoms with Crippen molar-refractivity contribution in [1.82, 2.24) is 77.1 Å². The van der Waals surface area contributed by atoms with E-state index >= 15 is 0 Å². The number of thioether (sulfide) groups is 1. The lowest BCUT2D eigenvalue weighted by atomic mass is 10.1. The van der Waals surface area contributed by atoms with Crippen LogP contribution < -0.4 is 63.8 Å². The maximum Gasteiger partial charge on any atom is 0.257 e. The second kappa shape index (κ2) is 41.3. The van der Waals surface area contributed by atoms with E-state index in [0.717, 1.165) is 166 Å². The molecule has 0 saturated carbocycles. The summed E-state index contributed by atoms with van der Waals surface area (Å²) in [6.07, 6.45) is 10.8. The Balaban J connectivity index is 0.000000161. The van der Waals surface area contributed by atoms with E-state index in [-0.39, 0.29) is 30.0 Å². The SMILES string of the molecule is CCOc1nn2c(C)ccc(CC)c2c1N.CCc1ccc(C)n2nc(OC(C)C)c(N)c12.CCc1ccc(C)n2nc(OC)c(N)c12.CCc1ccc(C)n2nc(OCCN3CCC(N(C)C)C3)c(N)c12.CCc1ccc(C)n2nc(OCCO)c(N)c12.CCc1ccc(C)n2nc(S(C)(=O)=O)c(N)c12.CCc1ccc(C)n2nc(SC)c(N)c12. The lowest BCUT2D eigenvalue weighted by Crippen LogP contribution is -2.33. The van der Waals surface area contributed by atoms with Crippen LogP contribution in [0, 0.1) is 48.5 Å². The molecule has 1 fully saturated rings. The van der Waals surface area contributed by atoms with Crippen LogP contribution in [0.1, 0.15) is 154 Å². The highest BCUT2D eigenvalue weighted by Gasteiger charge is 2.27. The van der Waals surface area contributed by atoms with E-state index in [0.29, 0.717) is 82.6 Å². The zero-order valence-electron chi connectivity index (χ0n) is 74.7. The van der Waals surface area contributed by atoms with Crippen LogP contribution in [0.4, 0.5) is 39.8 Å². The topological polar surface area (TPSA) is 410 Å². The van der Waals surface area contributed by atoms with Gasteiger partial charge in [0.15, 0.2) is 9.84 Å². The second-order valence-electron chi connectivity index (χ2n) is 30.2. The summed E-state index contributed by atoms with van der Waals surface area (Å²) in [5, 5.41) is 40.2. The zero-order chi connectivity index (χ0) is 88.8. The van der Waals surface area contributed by atoms with Crippen LogP contribution in [0.2, 0.25) is 0 Å². The molecule has 0 amide bonds. The van der Waals surface area contributed by atoms with E-state index in [1.165, 1.54) is 34.2 Å². The molecule has 1 aliphatic heterocycles. The van der Waals surface area contributed by atoms with Crippen molar-refractivity contribution in [3.63, 3.8) is 0 Å². The van der Waals surface area contributed by atoms with Gasteiger partial charge in [-0.2, -0.15) is 10.2 Å². The molecule has 0 spiro atoms. The lowest BCUT2D eigenvalue weighted by Gasteiger charge is -2.20. The van der Waals surface area contributed by atoms with Gasteiger partial charge in [0, 0.05) is 65.2 Å². The highest BCUT2D eigenvalue weighted by Crippen LogP contribution is 2.36. The van der Waals surface area contributed by atoms with Gasteiger partial charge in [0.25, 0.3) is 29.4 Å². The van der Waals surface area contributed by atoms with Crippen molar-refractivity contribution in [2.75, 3.05) is 120 Å². The first-order valence-electron chi connectivity index (χ1n) is 41.4. The number of aliphatic hydroxyl groups is 1. The molecule has 33 heteroatoms. The van der Waals surface area contributed by atoms with Crippen molar-refractivity contribution in [1.29, 1.82) is 0 Å². The first-order valence-corrected chi connectivity index (χ1v) is 44.5. The van der Waals surface area contributed by atoms with Crippen LogP contribution in [-0.4, -0.2) is 183 Å². The molecule has 654 valence electrons. The fraction of sp³-hybridized carbons (Fsp3) is 0.443. The van der Waals surface area contributed by atoms with Gasteiger partial charge in [-0.15, -0.1) is 37.3 Å². The molecule has 1 saturated heterocycles. The lowest BCUT2D eigenvalue weighted by molar-refractivity contribution is 0.197. The average Bonchev–Trinajstić information content (AvgIpc) is 1.62. The number of nitrogens with two attached hydrogens (primary N) is 7. The minimum atomic E-state index is -3.39. The van der Waals surface area contributed by atoms with Crippen LogP contribution in [0.3, 0.4) is 0 Å². The number of aryl methyl sites for hydroxylation is 14. The number of pyridine rings is 7. The third-order valence-corrected chi connectivity index (χ3v) is 23.0. The van der Waals surface area contributed by atoms with E-state index in [9.17, 15) is 8.42 Å². The molecule has 0 bridgehead atoms. The van der Waals surface area contributed by atoms with Crippen molar-refractivity contribution < 1.29 is 37.2 Å². The number of aliphatic hydroxyl groups excluding tert-OH is 1. The van der Waals surface area contributed by atoms with Gasteiger partial charge >= 0.3 is 0 Å². The number of anilines is 7. The molecule has 15 rings (SSSR count). The monoisotopic (exact) mass is 1700 g/mol. The normalized spacial score (nSPS) is 12.8. The Morgan fingerprint density at radius 2 is 0.736 bits per heavy atom. The first kappa shape index (κ1) is 93.5. The molecule has 0 aromatic carbocycles. The number of methoxy groups -OCH3 is 1. The summed E-state index contributed by atoms with van der Waals surface area (Å²) in [5.41, 5.74) is 68.6. The molecule has 0 radical (unpaired) electrons. The Bertz CT molecular complexity index is 5940. The fourth-order valence-corrected chi connectivity index (χ4v) is 15.8. The Kier molecular flexibility index (Phi) is 31.9. The minimum Gasteiger partial charge on any atom is -0.478 e. The summed E-state index contributed by atoms with van der Waals surface area (Å²) < 4.78 is 63.4. The molecule has 1 aliphatic rings. The molecule has 121 heavy (non-hydrogen) atoms. The summed E-state index contributed by atoms with van der Waals surface area (Å²) in [6, 6.07) is 29.4. The van der Waals surface area contributed by atoms with Gasteiger partial charge in [-0.25, -0.2) is 40.0 Å². The van der Waals surface area contributed by atoms with Crippen molar-refractivity contribution in [2.45, 2.75) is 191 Å². The number of likely N-dealkylation sites (tertiary alicyclic amines) is 1. The van der Waals surface area contributed by atoms with E-state index in [1.54, 1.807) is 27.9 Å². The largest absolute Gasteiger partial charge is 0.478 e. The number of nitrogens with zero attached hydrogens (tertiary/aromatic N) is 16. The van der Waals surface area contributed by atoms with Crippen molar-refractivity contribution in [3.8, 4) is 29.4 Å². The number of likely N-dealkylation sites (N-methyl/N-ethyl adjacent to an activating group) is 1. The van der Waals surface area contributed by atoms with E-state index in [1.807, 2.05) is 135 Å². The summed E-state index contributed by atoms with van der Waals surface area (Å²) >= 11 is 1.59. The summed E-state index contributed by atoms with van der Waals surface area (Å²) in [6.45, 7) is 39.0. The highest BCUT2D eigenvalue weighted by atomic mass is 32.2. The Labute approximate surface area is 714 Å². The van der Waals surface area contributed by atoms with Gasteiger partial charge in [0.2, 0.25) is 5.03 Å². The predicted octanol–water partition coefficient (Wildman–Crippen LogP) is 13.2. The minimum absolute atomic E-state index is 0.0403. The Hall–Kier alpha value is -11.4. The Morgan fingerprint density at radius 1 is 0.438 bits per heavy atom. The maximum absolute atomic E-state index is 11.6. The predicted molar refractivity (Wildman–Crippen MR) is 491 cm³/mol. The summed E-state index contributed by atoms with van der Waals surface area (Å²) in [5.74, 6) is 2.51. The molecule has 14 aromatic heterocycles. The standard InChI is InChI=1S/C18H29N5O.C13H19N3O.C12H17N3O2.C12H17N3O.C11H15N3O2S.C11H15N3O.C11H15N3S/c1-5-14-7-6-13(2)23-17(14)16(19)18(20-23)24-11-10-22-9-8-15(12-22)21(3)4;1-5-10-7-6-9(4)16-12(10)11(14)13(15-16)17-8(2)3;1-3-9-5-4-8(2)15-11(9)10(13)12(14-15)17-7-6-16;1-4-9-7-6-8(3)15-11(9)10(13)12(14-15)16-5-2;1-4-8-6-5-7(2)14-10(8)9(12)11(13-14)17(3,15)16;2*1-4-8-6-5-7(2)14-10(8)9(12)11(13-14)15-3/h6-7,15H,5,8-12,19H2,1-4H3;6-8H,5,14H2,1-4H3;4-5,16H,3,6-7,13H2,1-2H3;6-7H,4-5,13H2,1-3H3;5-6H,4,12H2,1-3H3;2*5-6H,4,12H2,1-3H3. The van der Waals surface area contributed by atoms with Crippen molar-refractivity contribution in [2.24, 2.45) is 0 Å². The van der Waals surface area contributed by atoms with E-state index in [4.69, 9.17) is 68.9 Å². The smallest absolute Gasteiger partial charge is 0.257 e. The third-order valence-electron chi connectivity index (χ3n) is 21.4. The number of ether oxygens (including phenoxy) is 5. The van der Waals surface area contributed by atoms with Crippen LogP contribution in [-0.2, 0) is 54.8 Å². The number of sulfone groups is 1. The van der Waals surface area contributed by atoms with Gasteiger partial charge < -0.3 is 73.8 Å². The molecule has 15 N–H and O–H groups in total. The highest BCUT2D eigenvalue weighted by molar-refractivity contribution is 7.98. The molecule has 31 nitrogen and oxygen atoms in total. The van der Waals surface area contributed by atoms with Crippen molar-refractivity contribution in [3.05, 3.63) is 164 Å². The number of hydrogen-bond acceptors (Lipinski definition) is 25. The molecule has 15 heterocycles. The average molecular weight is 1700 g/mol. The van der Waals surface area contributed by atoms with Crippen LogP contribution >= 0.6 is 11.8 Å². The zero-order valence-corrected chi connectivity index (χ0v) is 76.3. The molecule has 1 unspecified atom stereocenters. The summed E-state index contributed by atoms with van der Waals surface area (Å²) in [4.78, 5) is 4.75. The number of fused-ring (bicyclic) bond motifs is 7. The second-order valence-corrected chi connectivity index (χ2v) is 33.0. The van der Waals surface area contributed by atoms with Crippen LogP contribution in [0.15, 0.2) is 95.0 Å². The van der Waals surface area contributed by atoms with Crippen LogP contribution in [0.5, 0.6) is 29.4 Å². The number of nitrogen functional groups attached to an aromatic ring is 7. The van der Waals surface area contributed by atoms with E-state index in [2.05, 4.69) is 156 Å². The molecule has 14 aromatic rings. The van der Waals surface area contributed by atoms with Crippen molar-refractivity contribution >= 4 is 100 Å².